The second-order valence-electron chi connectivity index (χ2n) is 9.03. The van der Waals surface area contributed by atoms with Crippen molar-refractivity contribution >= 4 is 46.3 Å². The maximum atomic E-state index is 16.3. The summed E-state index contributed by atoms with van der Waals surface area (Å²) in [4.78, 5) is 37.0. The molecular weight excluding hydrogens is 557 g/mol. The predicted octanol–water partition coefficient (Wildman–Crippen LogP) is 5.39. The van der Waals surface area contributed by atoms with Gasteiger partial charge in [-0.2, -0.15) is 4.98 Å². The molecule has 39 heavy (non-hydrogen) atoms. The monoisotopic (exact) mass is 576 g/mol. The number of ether oxygens (including phenoxy) is 3. The Hall–Kier alpha value is -3.67. The van der Waals surface area contributed by atoms with E-state index in [1.807, 2.05) is 0 Å². The van der Waals surface area contributed by atoms with Crippen LogP contribution in [0.5, 0.6) is 0 Å². The van der Waals surface area contributed by atoms with Crippen LogP contribution >= 0.6 is 23.2 Å². The number of aromatic nitrogens is 4. The van der Waals surface area contributed by atoms with Crippen molar-refractivity contribution in [1.29, 1.82) is 0 Å². The molecule has 9 nitrogen and oxygen atoms in total. The Balaban J connectivity index is 1.47. The molecule has 202 valence electrons. The molecule has 13 heteroatoms. The highest BCUT2D eigenvalue weighted by atomic mass is 35.5. The number of benzene rings is 2. The van der Waals surface area contributed by atoms with Gasteiger partial charge in [0.1, 0.15) is 24.8 Å². The Kier molecular flexibility index (Phi) is 7.23. The molecule has 0 amide bonds. The van der Waals surface area contributed by atoms with Crippen LogP contribution in [-0.2, 0) is 14.2 Å². The minimum Gasteiger partial charge on any atom is -0.461 e. The maximum absolute atomic E-state index is 16.3. The molecule has 2 aromatic carbocycles. The number of imidazole rings is 1. The average molecular weight is 577 g/mol. The summed E-state index contributed by atoms with van der Waals surface area (Å²) >= 11 is 12.0. The van der Waals surface area contributed by atoms with Crippen LogP contribution in [-0.4, -0.2) is 56.7 Å². The van der Waals surface area contributed by atoms with E-state index in [4.69, 9.17) is 37.4 Å². The van der Waals surface area contributed by atoms with Crippen molar-refractivity contribution in [3.63, 3.8) is 0 Å². The van der Waals surface area contributed by atoms with E-state index >= 15 is 8.78 Å². The quantitative estimate of drug-likeness (QED) is 0.164. The molecule has 1 fully saturated rings. The number of fused-ring (bicyclic) bond motifs is 1. The molecule has 3 atom stereocenters. The zero-order valence-electron chi connectivity index (χ0n) is 20.3. The number of carbonyl (C=O) groups is 2. The van der Waals surface area contributed by atoms with Crippen molar-refractivity contribution in [2.45, 2.75) is 25.2 Å². The first-order valence-corrected chi connectivity index (χ1v) is 12.4. The third-order valence-corrected chi connectivity index (χ3v) is 7.00. The molecule has 0 aliphatic carbocycles. The van der Waals surface area contributed by atoms with Gasteiger partial charge in [-0.15, -0.1) is 0 Å². The number of hydrogen-bond acceptors (Lipinski definition) is 8. The Labute approximate surface area is 230 Å². The first-order chi connectivity index (χ1) is 18.6. The number of rotatable bonds is 7. The SMILES string of the molecule is CC1(COC(=O)c2ccccc2)[C@@H](COC(=O)c2ccccc2)O[C@@H](n2cnc3c(Cl)nc(Cl)nc32)C1(F)F. The minimum atomic E-state index is -3.69. The first kappa shape index (κ1) is 26.9. The van der Waals surface area contributed by atoms with Crippen molar-refractivity contribution < 1.29 is 32.6 Å². The van der Waals surface area contributed by atoms with Gasteiger partial charge < -0.3 is 14.2 Å². The molecule has 5 rings (SSSR count). The lowest BCUT2D eigenvalue weighted by molar-refractivity contribution is -0.153. The zero-order chi connectivity index (χ0) is 27.8. The summed E-state index contributed by atoms with van der Waals surface area (Å²) in [5, 5.41) is -0.401. The lowest BCUT2D eigenvalue weighted by atomic mass is 9.80. The number of esters is 2. The molecule has 0 radical (unpaired) electrons. The van der Waals surface area contributed by atoms with Crippen LogP contribution in [0.2, 0.25) is 10.4 Å². The topological polar surface area (TPSA) is 105 Å². The zero-order valence-corrected chi connectivity index (χ0v) is 21.8. The van der Waals surface area contributed by atoms with E-state index in [0.717, 1.165) is 10.9 Å². The van der Waals surface area contributed by atoms with Gasteiger partial charge in [0.25, 0.3) is 0 Å². The van der Waals surface area contributed by atoms with Gasteiger partial charge in [-0.25, -0.2) is 28.3 Å². The van der Waals surface area contributed by atoms with E-state index < -0.39 is 48.8 Å². The van der Waals surface area contributed by atoms with E-state index in [-0.39, 0.29) is 32.7 Å². The third kappa shape index (κ3) is 4.93. The lowest BCUT2D eigenvalue weighted by Crippen LogP contribution is -2.48. The summed E-state index contributed by atoms with van der Waals surface area (Å²) in [6.45, 7) is -0.108. The van der Waals surface area contributed by atoms with Crippen molar-refractivity contribution in [1.82, 2.24) is 19.5 Å². The Bertz CT molecular complexity index is 1520. The fraction of sp³-hybridized carbons (Fsp3) is 0.269. The summed E-state index contributed by atoms with van der Waals surface area (Å²) < 4.78 is 50.0. The molecule has 4 aromatic rings. The van der Waals surface area contributed by atoms with Gasteiger partial charge in [0.15, 0.2) is 10.8 Å². The number of nitrogens with zero attached hydrogens (tertiary/aromatic N) is 4. The normalized spacial score (nSPS) is 22.1. The third-order valence-electron chi connectivity index (χ3n) is 6.57. The van der Waals surface area contributed by atoms with Gasteiger partial charge >= 0.3 is 17.9 Å². The summed E-state index contributed by atoms with van der Waals surface area (Å²) in [6.07, 6.45) is -2.31. The summed E-state index contributed by atoms with van der Waals surface area (Å²) in [5.74, 6) is -5.21. The molecule has 2 aromatic heterocycles. The van der Waals surface area contributed by atoms with E-state index in [2.05, 4.69) is 15.0 Å². The number of alkyl halides is 2. The highest BCUT2D eigenvalue weighted by Crippen LogP contribution is 2.55. The van der Waals surface area contributed by atoms with E-state index in [0.29, 0.717) is 0 Å². The van der Waals surface area contributed by atoms with E-state index in [9.17, 15) is 9.59 Å². The molecule has 1 unspecified atom stereocenters. The van der Waals surface area contributed by atoms with E-state index in [1.54, 1.807) is 36.4 Å². The largest absolute Gasteiger partial charge is 0.461 e. The highest BCUT2D eigenvalue weighted by Gasteiger charge is 2.68. The summed E-state index contributed by atoms with van der Waals surface area (Å²) in [6, 6.07) is 16.0. The van der Waals surface area contributed by atoms with Crippen LogP contribution in [0.25, 0.3) is 11.2 Å². The smallest absolute Gasteiger partial charge is 0.338 e. The van der Waals surface area contributed by atoms with Crippen LogP contribution in [0, 0.1) is 5.41 Å². The molecule has 1 aliphatic rings. The second kappa shape index (κ2) is 10.5. The number of carbonyl (C=O) groups excluding carboxylic acids is 2. The van der Waals surface area contributed by atoms with Gasteiger partial charge in [0.2, 0.25) is 11.5 Å². The molecule has 1 aliphatic heterocycles. The Morgan fingerprint density at radius 3 is 2.18 bits per heavy atom. The lowest BCUT2D eigenvalue weighted by Gasteiger charge is -2.34. The Morgan fingerprint density at radius 2 is 1.56 bits per heavy atom. The number of halogens is 4. The van der Waals surface area contributed by atoms with Crippen molar-refractivity contribution in [2.75, 3.05) is 13.2 Å². The van der Waals surface area contributed by atoms with Gasteiger partial charge in [0.05, 0.1) is 22.9 Å². The van der Waals surface area contributed by atoms with Crippen LogP contribution in [0.15, 0.2) is 67.0 Å². The average Bonchev–Trinajstić information content (AvgIpc) is 3.43. The fourth-order valence-electron chi connectivity index (χ4n) is 4.25. The first-order valence-electron chi connectivity index (χ1n) is 11.6. The molecule has 0 N–H and O–H groups in total. The minimum absolute atomic E-state index is 0.0385. The van der Waals surface area contributed by atoms with Gasteiger partial charge in [-0.1, -0.05) is 48.0 Å². The number of hydrogen-bond donors (Lipinski definition) is 0. The second-order valence-corrected chi connectivity index (χ2v) is 9.73. The van der Waals surface area contributed by atoms with Crippen LogP contribution in [0.4, 0.5) is 8.78 Å². The van der Waals surface area contributed by atoms with Gasteiger partial charge in [-0.05, 0) is 42.8 Å². The molecular formula is C26H20Cl2F2N4O5. The van der Waals surface area contributed by atoms with Gasteiger partial charge in [0, 0.05) is 0 Å². The molecule has 1 saturated heterocycles. The Morgan fingerprint density at radius 1 is 0.974 bits per heavy atom. The summed E-state index contributed by atoms with van der Waals surface area (Å²) in [7, 11) is 0. The summed E-state index contributed by atoms with van der Waals surface area (Å²) in [5.41, 5.74) is -1.77. The fourth-order valence-corrected chi connectivity index (χ4v) is 4.67. The van der Waals surface area contributed by atoms with Crippen molar-refractivity contribution in [3.8, 4) is 0 Å². The highest BCUT2D eigenvalue weighted by molar-refractivity contribution is 6.35. The van der Waals surface area contributed by atoms with Crippen LogP contribution in [0.1, 0.15) is 33.9 Å². The van der Waals surface area contributed by atoms with Crippen molar-refractivity contribution in [3.05, 3.63) is 88.6 Å². The molecule has 0 bridgehead atoms. The maximum Gasteiger partial charge on any atom is 0.338 e. The molecule has 0 spiro atoms. The van der Waals surface area contributed by atoms with Crippen molar-refractivity contribution in [2.24, 2.45) is 5.41 Å². The predicted molar refractivity (Wildman–Crippen MR) is 136 cm³/mol. The molecule has 3 heterocycles. The van der Waals surface area contributed by atoms with E-state index in [1.165, 1.54) is 31.2 Å². The van der Waals surface area contributed by atoms with Crippen LogP contribution in [0.3, 0.4) is 0 Å². The van der Waals surface area contributed by atoms with Gasteiger partial charge in [-0.3, -0.25) is 4.57 Å². The van der Waals surface area contributed by atoms with Crippen LogP contribution < -0.4 is 0 Å². The standard InChI is InChI=1S/C26H20Cl2F2N4O5/c1-25(13-38-22(36)16-10-6-3-7-11-16)17(12-37-21(35)15-8-4-2-5-9-15)39-23(26(25,29)30)34-14-31-18-19(27)32-24(28)33-20(18)34/h2-11,14,17,23H,12-13H2,1H3/t17-,23-,25?/m1/s1. The molecule has 0 saturated carbocycles.